The lowest BCUT2D eigenvalue weighted by Crippen LogP contribution is -2.23. The summed E-state index contributed by atoms with van der Waals surface area (Å²) < 4.78 is 0. The first-order chi connectivity index (χ1) is 11.7. The first-order valence-corrected chi connectivity index (χ1v) is 8.77. The van der Waals surface area contributed by atoms with Crippen molar-refractivity contribution in [1.29, 1.82) is 0 Å². The smallest absolute Gasteiger partial charge is 0.258 e. The second-order valence-electron chi connectivity index (χ2n) is 5.83. The highest BCUT2D eigenvalue weighted by molar-refractivity contribution is 8.14. The Kier molecular flexibility index (Phi) is 3.90. The zero-order chi connectivity index (χ0) is 16.5. The number of carbonyl (C=O) groups is 1. The van der Waals surface area contributed by atoms with Crippen LogP contribution in [0.1, 0.15) is 29.2 Å². The van der Waals surface area contributed by atoms with E-state index in [0.29, 0.717) is 10.9 Å². The van der Waals surface area contributed by atoms with Crippen LogP contribution in [-0.4, -0.2) is 32.5 Å². The van der Waals surface area contributed by atoms with E-state index in [1.54, 1.807) is 12.4 Å². The maximum Gasteiger partial charge on any atom is 0.258 e. The minimum absolute atomic E-state index is 0.0610. The fraction of sp³-hybridized carbons (Fsp3) is 0.222. The third-order valence-corrected chi connectivity index (χ3v) is 5.05. The van der Waals surface area contributed by atoms with Crippen molar-refractivity contribution in [2.45, 2.75) is 19.4 Å². The van der Waals surface area contributed by atoms with Crippen LogP contribution in [0.2, 0.25) is 0 Å². The van der Waals surface area contributed by atoms with Crippen molar-refractivity contribution in [2.24, 2.45) is 10.1 Å². The summed E-state index contributed by atoms with van der Waals surface area (Å²) in [5.41, 5.74) is 4.45. The van der Waals surface area contributed by atoms with Crippen LogP contribution in [0.25, 0.3) is 0 Å². The number of hydrogen-bond donors (Lipinski definition) is 0. The number of benzene rings is 1. The lowest BCUT2D eigenvalue weighted by molar-refractivity contribution is -0.115. The molecule has 120 valence electrons. The van der Waals surface area contributed by atoms with Crippen LogP contribution >= 0.6 is 11.8 Å². The molecular weight excluding hydrogens is 320 g/mol. The second-order valence-corrected chi connectivity index (χ2v) is 6.78. The predicted molar refractivity (Wildman–Crippen MR) is 96.1 cm³/mol. The molecule has 24 heavy (non-hydrogen) atoms. The Bertz CT molecular complexity index is 830. The zero-order valence-electron chi connectivity index (χ0n) is 13.2. The van der Waals surface area contributed by atoms with E-state index in [1.807, 2.05) is 17.1 Å². The second kappa shape index (κ2) is 6.20. The molecule has 0 fully saturated rings. The SMILES string of the molecule is Cc1ccc(C2CC(c3ccncc3)=NN2C2=NC(=O)CS2)cc1. The largest absolute Gasteiger partial charge is 0.272 e. The Labute approximate surface area is 144 Å². The van der Waals surface area contributed by atoms with Gasteiger partial charge < -0.3 is 0 Å². The monoisotopic (exact) mass is 336 g/mol. The molecule has 0 aliphatic carbocycles. The predicted octanol–water partition coefficient (Wildman–Crippen LogP) is 3.17. The number of pyridine rings is 1. The van der Waals surface area contributed by atoms with Crippen LogP contribution < -0.4 is 0 Å². The number of aryl methyl sites for hydroxylation is 1. The van der Waals surface area contributed by atoms with Crippen molar-refractivity contribution in [2.75, 3.05) is 5.75 Å². The van der Waals surface area contributed by atoms with Gasteiger partial charge in [-0.3, -0.25) is 9.78 Å². The average molecular weight is 336 g/mol. The summed E-state index contributed by atoms with van der Waals surface area (Å²) in [5.74, 6) is 0.303. The topological polar surface area (TPSA) is 57.9 Å². The number of carbonyl (C=O) groups excluding carboxylic acids is 1. The molecule has 3 heterocycles. The third kappa shape index (κ3) is 2.85. The van der Waals surface area contributed by atoms with E-state index in [2.05, 4.69) is 41.2 Å². The summed E-state index contributed by atoms with van der Waals surface area (Å²) in [7, 11) is 0. The van der Waals surface area contributed by atoms with Gasteiger partial charge in [-0.1, -0.05) is 41.6 Å². The molecule has 0 N–H and O–H groups in total. The Morgan fingerprint density at radius 1 is 1.12 bits per heavy atom. The summed E-state index contributed by atoms with van der Waals surface area (Å²) in [6, 6.07) is 12.4. The van der Waals surface area contributed by atoms with Gasteiger partial charge in [0.2, 0.25) is 0 Å². The quantitative estimate of drug-likeness (QED) is 0.845. The fourth-order valence-corrected chi connectivity index (χ4v) is 3.65. The molecule has 0 radical (unpaired) electrons. The van der Waals surface area contributed by atoms with Crippen LogP contribution in [0.4, 0.5) is 0 Å². The van der Waals surface area contributed by atoms with Crippen molar-refractivity contribution in [1.82, 2.24) is 9.99 Å². The van der Waals surface area contributed by atoms with Crippen molar-refractivity contribution in [3.63, 3.8) is 0 Å². The van der Waals surface area contributed by atoms with E-state index in [0.717, 1.165) is 17.7 Å². The molecule has 5 nitrogen and oxygen atoms in total. The van der Waals surface area contributed by atoms with Crippen molar-refractivity contribution in [3.8, 4) is 0 Å². The van der Waals surface area contributed by atoms with E-state index < -0.39 is 0 Å². The van der Waals surface area contributed by atoms with Crippen LogP contribution in [0, 0.1) is 6.92 Å². The van der Waals surface area contributed by atoms with E-state index in [9.17, 15) is 4.79 Å². The standard InChI is InChI=1S/C18H16N4OS/c1-12-2-4-14(5-3-12)16-10-15(13-6-8-19-9-7-13)21-22(16)18-20-17(23)11-24-18/h2-9,16H,10-11H2,1H3. The molecule has 0 bridgehead atoms. The minimum atomic E-state index is -0.0924. The lowest BCUT2D eigenvalue weighted by Gasteiger charge is -2.22. The van der Waals surface area contributed by atoms with Gasteiger partial charge >= 0.3 is 0 Å². The Morgan fingerprint density at radius 3 is 2.54 bits per heavy atom. The number of rotatable bonds is 2. The highest BCUT2D eigenvalue weighted by Gasteiger charge is 2.34. The van der Waals surface area contributed by atoms with Crippen molar-refractivity contribution < 1.29 is 4.79 Å². The zero-order valence-corrected chi connectivity index (χ0v) is 14.0. The molecule has 2 aliphatic rings. The molecule has 0 saturated heterocycles. The summed E-state index contributed by atoms with van der Waals surface area (Å²) in [6.07, 6.45) is 4.32. The molecule has 1 aromatic carbocycles. The summed E-state index contributed by atoms with van der Waals surface area (Å²) >= 11 is 1.45. The third-order valence-electron chi connectivity index (χ3n) is 4.13. The molecule has 4 rings (SSSR count). The first kappa shape index (κ1) is 15.1. The average Bonchev–Trinajstić information content (AvgIpc) is 3.23. The maximum atomic E-state index is 11.6. The van der Waals surface area contributed by atoms with Crippen molar-refractivity contribution in [3.05, 3.63) is 65.5 Å². The van der Waals surface area contributed by atoms with E-state index in [-0.39, 0.29) is 11.9 Å². The summed E-state index contributed by atoms with van der Waals surface area (Å²) in [6.45, 7) is 2.07. The number of aliphatic imine (C=N–C) groups is 1. The normalized spacial score (nSPS) is 20.3. The van der Waals surface area contributed by atoms with Gasteiger partial charge in [0.05, 0.1) is 17.5 Å². The molecule has 0 spiro atoms. The van der Waals surface area contributed by atoms with Crippen LogP contribution in [0.3, 0.4) is 0 Å². The van der Waals surface area contributed by atoms with Gasteiger partial charge in [-0.15, -0.1) is 0 Å². The van der Waals surface area contributed by atoms with Crippen LogP contribution in [-0.2, 0) is 4.79 Å². The number of thioether (sulfide) groups is 1. The lowest BCUT2D eigenvalue weighted by atomic mass is 9.98. The number of aromatic nitrogens is 1. The highest BCUT2D eigenvalue weighted by Crippen LogP contribution is 2.36. The van der Waals surface area contributed by atoms with E-state index >= 15 is 0 Å². The molecule has 1 unspecified atom stereocenters. The van der Waals surface area contributed by atoms with Crippen molar-refractivity contribution >= 4 is 28.5 Å². The van der Waals surface area contributed by atoms with E-state index in [1.165, 1.54) is 22.9 Å². The van der Waals surface area contributed by atoms with Gasteiger partial charge in [0.1, 0.15) is 0 Å². The van der Waals surface area contributed by atoms with Crippen LogP contribution in [0.15, 0.2) is 58.9 Å². The van der Waals surface area contributed by atoms with Gasteiger partial charge in [0.15, 0.2) is 5.17 Å². The molecule has 1 aromatic heterocycles. The van der Waals surface area contributed by atoms with Gasteiger partial charge in [-0.25, -0.2) is 5.01 Å². The van der Waals surface area contributed by atoms with Gasteiger partial charge in [0, 0.05) is 24.4 Å². The number of hydrogen-bond acceptors (Lipinski definition) is 5. The molecule has 1 amide bonds. The first-order valence-electron chi connectivity index (χ1n) is 7.79. The molecule has 2 aliphatic heterocycles. The molecule has 1 atom stereocenters. The van der Waals surface area contributed by atoms with Gasteiger partial charge in [0.25, 0.3) is 5.91 Å². The highest BCUT2D eigenvalue weighted by atomic mass is 32.2. The van der Waals surface area contributed by atoms with Gasteiger partial charge in [-0.2, -0.15) is 10.1 Å². The molecule has 6 heteroatoms. The molecular formula is C18H16N4OS. The molecule has 2 aromatic rings. The van der Waals surface area contributed by atoms with Gasteiger partial charge in [-0.05, 0) is 24.6 Å². The Hall–Kier alpha value is -2.47. The summed E-state index contributed by atoms with van der Waals surface area (Å²) in [5, 5.41) is 7.36. The number of nitrogens with zero attached hydrogens (tertiary/aromatic N) is 4. The number of hydrazone groups is 1. The Morgan fingerprint density at radius 2 is 1.88 bits per heavy atom. The number of amidine groups is 1. The molecule has 0 saturated carbocycles. The minimum Gasteiger partial charge on any atom is -0.272 e. The van der Waals surface area contributed by atoms with E-state index in [4.69, 9.17) is 5.10 Å². The fourth-order valence-electron chi connectivity index (χ4n) is 2.87. The Balaban J connectivity index is 1.71. The summed E-state index contributed by atoms with van der Waals surface area (Å²) in [4.78, 5) is 19.8. The number of amides is 1. The maximum absolute atomic E-state index is 11.6. The van der Waals surface area contributed by atoms with Crippen LogP contribution in [0.5, 0.6) is 0 Å².